The fourth-order valence-electron chi connectivity index (χ4n) is 2.90. The van der Waals surface area contributed by atoms with E-state index in [4.69, 9.17) is 5.73 Å². The predicted octanol–water partition coefficient (Wildman–Crippen LogP) is 4.09. The molecule has 0 spiro atoms. The number of carbonyl (C=O) groups excluding carboxylic acids is 1. The van der Waals surface area contributed by atoms with Gasteiger partial charge in [-0.3, -0.25) is 4.79 Å². The lowest BCUT2D eigenvalue weighted by molar-refractivity contribution is 0.0863. The SMILES string of the molecule is Cc1c(N)cccc1Nc1ccc2c(c1)CC(C)(C)C2=O. The zero-order chi connectivity index (χ0) is 15.2. The maximum Gasteiger partial charge on any atom is 0.169 e. The molecule has 0 heterocycles. The molecule has 0 unspecified atom stereocenters. The minimum Gasteiger partial charge on any atom is -0.398 e. The number of anilines is 3. The minimum atomic E-state index is -0.284. The van der Waals surface area contributed by atoms with Gasteiger partial charge >= 0.3 is 0 Å². The average molecular weight is 280 g/mol. The molecular weight excluding hydrogens is 260 g/mol. The topological polar surface area (TPSA) is 55.1 Å². The van der Waals surface area contributed by atoms with Crippen LogP contribution in [0, 0.1) is 12.3 Å². The summed E-state index contributed by atoms with van der Waals surface area (Å²) < 4.78 is 0. The third kappa shape index (κ3) is 2.29. The van der Waals surface area contributed by atoms with E-state index < -0.39 is 0 Å². The number of nitrogen functional groups attached to an aromatic ring is 1. The first-order valence-electron chi connectivity index (χ1n) is 7.18. The molecule has 0 saturated carbocycles. The zero-order valence-electron chi connectivity index (χ0n) is 12.7. The van der Waals surface area contributed by atoms with Gasteiger partial charge in [0.25, 0.3) is 0 Å². The smallest absolute Gasteiger partial charge is 0.169 e. The number of hydrogen-bond donors (Lipinski definition) is 2. The van der Waals surface area contributed by atoms with Gasteiger partial charge in [0.05, 0.1) is 0 Å². The van der Waals surface area contributed by atoms with Gasteiger partial charge in [-0.05, 0) is 54.8 Å². The predicted molar refractivity (Wildman–Crippen MR) is 87.1 cm³/mol. The Morgan fingerprint density at radius 3 is 2.71 bits per heavy atom. The van der Waals surface area contributed by atoms with Crippen LogP contribution in [0.3, 0.4) is 0 Å². The average Bonchev–Trinajstić information content (AvgIpc) is 2.65. The Labute approximate surface area is 125 Å². The van der Waals surface area contributed by atoms with Crippen LogP contribution < -0.4 is 11.1 Å². The van der Waals surface area contributed by atoms with Crippen molar-refractivity contribution in [2.24, 2.45) is 5.41 Å². The van der Waals surface area contributed by atoms with Crippen molar-refractivity contribution < 1.29 is 4.79 Å². The van der Waals surface area contributed by atoms with Gasteiger partial charge in [-0.2, -0.15) is 0 Å². The second-order valence-electron chi connectivity index (χ2n) is 6.41. The van der Waals surface area contributed by atoms with Gasteiger partial charge < -0.3 is 11.1 Å². The number of hydrogen-bond acceptors (Lipinski definition) is 3. The lowest BCUT2D eigenvalue weighted by Gasteiger charge is -2.13. The number of carbonyl (C=O) groups is 1. The largest absolute Gasteiger partial charge is 0.398 e. The van der Waals surface area contributed by atoms with Crippen LogP contribution in [0.15, 0.2) is 36.4 Å². The molecule has 0 radical (unpaired) electrons. The van der Waals surface area contributed by atoms with Crippen molar-refractivity contribution in [2.45, 2.75) is 27.2 Å². The first kappa shape index (κ1) is 13.7. The van der Waals surface area contributed by atoms with E-state index in [0.29, 0.717) is 0 Å². The van der Waals surface area contributed by atoms with E-state index in [0.717, 1.165) is 40.2 Å². The van der Waals surface area contributed by atoms with Crippen molar-refractivity contribution in [2.75, 3.05) is 11.1 Å². The first-order chi connectivity index (χ1) is 9.88. The highest BCUT2D eigenvalue weighted by molar-refractivity contribution is 6.04. The van der Waals surface area contributed by atoms with E-state index in [1.54, 1.807) is 0 Å². The Morgan fingerprint density at radius 2 is 1.95 bits per heavy atom. The van der Waals surface area contributed by atoms with Crippen LogP contribution in [0.5, 0.6) is 0 Å². The molecule has 0 aromatic heterocycles. The standard InChI is InChI=1S/C18H20N2O/c1-11-15(19)5-4-6-16(11)20-13-7-8-14-12(9-13)10-18(2,3)17(14)21/h4-9,20H,10,19H2,1-3H3. The maximum atomic E-state index is 12.2. The van der Waals surface area contributed by atoms with E-state index in [1.165, 1.54) is 0 Å². The highest BCUT2D eigenvalue weighted by atomic mass is 16.1. The number of ketones is 1. The Morgan fingerprint density at radius 1 is 1.19 bits per heavy atom. The summed E-state index contributed by atoms with van der Waals surface area (Å²) in [4.78, 5) is 12.2. The molecule has 3 N–H and O–H groups in total. The Kier molecular flexibility index (Phi) is 3.01. The van der Waals surface area contributed by atoms with Crippen LogP contribution in [0.4, 0.5) is 17.1 Å². The number of benzene rings is 2. The quantitative estimate of drug-likeness (QED) is 0.815. The Bertz CT molecular complexity index is 732. The third-order valence-corrected chi connectivity index (χ3v) is 4.25. The molecule has 2 aromatic rings. The van der Waals surface area contributed by atoms with E-state index in [2.05, 4.69) is 11.4 Å². The summed E-state index contributed by atoms with van der Waals surface area (Å²) in [6, 6.07) is 11.8. The molecule has 0 bridgehead atoms. The molecule has 0 aliphatic heterocycles. The van der Waals surface area contributed by atoms with Crippen LogP contribution in [0.2, 0.25) is 0 Å². The molecule has 2 aromatic carbocycles. The molecule has 1 aliphatic rings. The van der Waals surface area contributed by atoms with Crippen molar-refractivity contribution in [3.63, 3.8) is 0 Å². The highest BCUT2D eigenvalue weighted by Crippen LogP contribution is 2.37. The van der Waals surface area contributed by atoms with E-state index in [9.17, 15) is 4.79 Å². The number of fused-ring (bicyclic) bond motifs is 1. The summed E-state index contributed by atoms with van der Waals surface area (Å²) in [5.74, 6) is 0.240. The molecular formula is C18H20N2O. The van der Waals surface area contributed by atoms with Crippen molar-refractivity contribution in [1.82, 2.24) is 0 Å². The fourth-order valence-corrected chi connectivity index (χ4v) is 2.90. The molecule has 3 rings (SSSR count). The second kappa shape index (κ2) is 4.62. The molecule has 0 amide bonds. The molecule has 0 atom stereocenters. The van der Waals surface area contributed by atoms with Gasteiger partial charge in [-0.1, -0.05) is 19.9 Å². The monoisotopic (exact) mass is 280 g/mol. The molecule has 0 fully saturated rings. The highest BCUT2D eigenvalue weighted by Gasteiger charge is 2.37. The lowest BCUT2D eigenvalue weighted by Crippen LogP contribution is -2.18. The van der Waals surface area contributed by atoms with E-state index >= 15 is 0 Å². The molecule has 0 saturated heterocycles. The Balaban J connectivity index is 1.93. The maximum absolute atomic E-state index is 12.2. The normalized spacial score (nSPS) is 15.9. The van der Waals surface area contributed by atoms with Crippen LogP contribution >= 0.6 is 0 Å². The number of rotatable bonds is 2. The molecule has 21 heavy (non-hydrogen) atoms. The molecule has 3 nitrogen and oxygen atoms in total. The van der Waals surface area contributed by atoms with Crippen molar-refractivity contribution in [1.29, 1.82) is 0 Å². The second-order valence-corrected chi connectivity index (χ2v) is 6.41. The summed E-state index contributed by atoms with van der Waals surface area (Å²) in [6.07, 6.45) is 0.798. The molecule has 108 valence electrons. The van der Waals surface area contributed by atoms with Gasteiger partial charge in [-0.15, -0.1) is 0 Å². The minimum absolute atomic E-state index is 0.240. The van der Waals surface area contributed by atoms with Crippen LogP contribution in [-0.4, -0.2) is 5.78 Å². The van der Waals surface area contributed by atoms with Crippen molar-refractivity contribution in [3.8, 4) is 0 Å². The first-order valence-corrected chi connectivity index (χ1v) is 7.18. The number of nitrogens with one attached hydrogen (secondary N) is 1. The van der Waals surface area contributed by atoms with Crippen LogP contribution in [0.25, 0.3) is 0 Å². The summed E-state index contributed by atoms with van der Waals surface area (Å²) in [5.41, 5.74) is 11.4. The van der Waals surface area contributed by atoms with Gasteiger partial charge in [-0.25, -0.2) is 0 Å². The zero-order valence-corrected chi connectivity index (χ0v) is 12.7. The van der Waals surface area contributed by atoms with Gasteiger partial charge in [0.1, 0.15) is 0 Å². The number of Topliss-reactive ketones (excluding diaryl/α,β-unsaturated/α-hetero) is 1. The summed E-state index contributed by atoms with van der Waals surface area (Å²) in [5, 5.41) is 3.39. The van der Waals surface area contributed by atoms with Crippen LogP contribution in [-0.2, 0) is 6.42 Å². The van der Waals surface area contributed by atoms with E-state index in [-0.39, 0.29) is 11.2 Å². The summed E-state index contributed by atoms with van der Waals surface area (Å²) >= 11 is 0. The van der Waals surface area contributed by atoms with Gasteiger partial charge in [0, 0.05) is 28.0 Å². The van der Waals surface area contributed by atoms with Crippen molar-refractivity contribution in [3.05, 3.63) is 53.1 Å². The van der Waals surface area contributed by atoms with Crippen molar-refractivity contribution >= 4 is 22.8 Å². The van der Waals surface area contributed by atoms with Gasteiger partial charge in [0.15, 0.2) is 5.78 Å². The lowest BCUT2D eigenvalue weighted by atomic mass is 9.89. The number of nitrogens with two attached hydrogens (primary N) is 1. The third-order valence-electron chi connectivity index (χ3n) is 4.25. The molecule has 1 aliphatic carbocycles. The van der Waals surface area contributed by atoms with E-state index in [1.807, 2.05) is 51.1 Å². The van der Waals surface area contributed by atoms with Gasteiger partial charge in [0.2, 0.25) is 0 Å². The Hall–Kier alpha value is -2.29. The summed E-state index contributed by atoms with van der Waals surface area (Å²) in [7, 11) is 0. The molecule has 3 heteroatoms. The fraction of sp³-hybridized carbons (Fsp3) is 0.278. The summed E-state index contributed by atoms with van der Waals surface area (Å²) in [6.45, 7) is 6.01. The van der Waals surface area contributed by atoms with Crippen LogP contribution in [0.1, 0.15) is 35.3 Å².